The predicted octanol–water partition coefficient (Wildman–Crippen LogP) is 3.56. The molecule has 3 aromatic rings. The number of allylic oxidation sites excluding steroid dienone is 1. The molecule has 0 bridgehead atoms. The maximum Gasteiger partial charge on any atom is 0.265 e. The topological polar surface area (TPSA) is 101 Å². The summed E-state index contributed by atoms with van der Waals surface area (Å²) in [5.41, 5.74) is 7.14. The highest BCUT2D eigenvalue weighted by Gasteiger charge is 2.12. The van der Waals surface area contributed by atoms with Crippen LogP contribution in [-0.4, -0.2) is 21.8 Å². The van der Waals surface area contributed by atoms with Crippen molar-refractivity contribution in [2.45, 2.75) is 6.92 Å². The number of aromatic nitrogens is 2. The van der Waals surface area contributed by atoms with E-state index in [-0.39, 0.29) is 11.3 Å². The fraction of sp³-hybridized carbons (Fsp3) is 0.0556. The number of aromatic amines is 1. The highest BCUT2D eigenvalue weighted by Crippen LogP contribution is 2.26. The molecular formula is C18H14F2N4O2S. The number of hydrogen-bond donors (Lipinski definition) is 3. The number of benzene rings is 1. The second-order valence-corrected chi connectivity index (χ2v) is 6.50. The first-order chi connectivity index (χ1) is 12.8. The van der Waals surface area contributed by atoms with Crippen LogP contribution in [0.25, 0.3) is 16.8 Å². The van der Waals surface area contributed by atoms with Crippen molar-refractivity contribution >= 4 is 33.9 Å². The molecule has 4 N–H and O–H groups in total. The van der Waals surface area contributed by atoms with Gasteiger partial charge in [0.15, 0.2) is 5.13 Å². The van der Waals surface area contributed by atoms with Gasteiger partial charge in [0.25, 0.3) is 5.91 Å². The number of carbonyl (C=O) groups is 2. The quantitative estimate of drug-likeness (QED) is 0.583. The molecule has 0 atom stereocenters. The summed E-state index contributed by atoms with van der Waals surface area (Å²) >= 11 is 1.19. The molecule has 0 saturated heterocycles. The van der Waals surface area contributed by atoms with E-state index in [2.05, 4.69) is 15.3 Å². The number of nitrogens with two attached hydrogens (primary N) is 1. The third kappa shape index (κ3) is 4.26. The number of nitrogens with zero attached hydrogens (tertiary/aromatic N) is 1. The van der Waals surface area contributed by atoms with E-state index in [1.54, 1.807) is 24.6 Å². The molecule has 6 nitrogen and oxygen atoms in total. The SMILES string of the molecule is C/C(=C\C(=O)Nc1nc(-c2c[nH]c(C(N)=O)c2)cs1)c1ccc(F)cc1F. The molecule has 1 aromatic carbocycles. The third-order valence-electron chi connectivity index (χ3n) is 3.68. The first-order valence-corrected chi connectivity index (χ1v) is 8.60. The van der Waals surface area contributed by atoms with Crippen LogP contribution in [0.1, 0.15) is 23.0 Å². The van der Waals surface area contributed by atoms with Gasteiger partial charge in [-0.1, -0.05) is 0 Å². The average Bonchev–Trinajstić information content (AvgIpc) is 3.23. The molecule has 0 spiro atoms. The number of H-pyrrole nitrogens is 1. The lowest BCUT2D eigenvalue weighted by Gasteiger charge is -2.04. The molecule has 3 rings (SSSR count). The zero-order chi connectivity index (χ0) is 19.6. The van der Waals surface area contributed by atoms with Gasteiger partial charge in [0.2, 0.25) is 5.91 Å². The number of halogens is 2. The van der Waals surface area contributed by atoms with Crippen molar-refractivity contribution in [1.82, 2.24) is 9.97 Å². The Morgan fingerprint density at radius 3 is 2.74 bits per heavy atom. The number of primary amides is 1. The van der Waals surface area contributed by atoms with Crippen molar-refractivity contribution in [3.05, 3.63) is 64.8 Å². The normalized spacial score (nSPS) is 11.4. The van der Waals surface area contributed by atoms with Crippen LogP contribution in [-0.2, 0) is 4.79 Å². The van der Waals surface area contributed by atoms with Crippen molar-refractivity contribution in [3.63, 3.8) is 0 Å². The number of hydrogen-bond acceptors (Lipinski definition) is 4. The van der Waals surface area contributed by atoms with Gasteiger partial charge in [-0.25, -0.2) is 13.8 Å². The van der Waals surface area contributed by atoms with Gasteiger partial charge >= 0.3 is 0 Å². The minimum absolute atomic E-state index is 0.137. The summed E-state index contributed by atoms with van der Waals surface area (Å²) in [5, 5.41) is 4.63. The number of carbonyl (C=O) groups excluding carboxylic acids is 2. The van der Waals surface area contributed by atoms with E-state index in [0.717, 1.165) is 12.1 Å². The number of rotatable bonds is 5. The van der Waals surface area contributed by atoms with Gasteiger partial charge in [-0.2, -0.15) is 0 Å². The molecule has 0 aliphatic rings. The smallest absolute Gasteiger partial charge is 0.265 e. The highest BCUT2D eigenvalue weighted by molar-refractivity contribution is 7.14. The van der Waals surface area contributed by atoms with Crippen LogP contribution in [0.4, 0.5) is 13.9 Å². The van der Waals surface area contributed by atoms with Gasteiger partial charge in [0.05, 0.1) is 5.69 Å². The summed E-state index contributed by atoms with van der Waals surface area (Å²) in [6, 6.07) is 4.71. The summed E-state index contributed by atoms with van der Waals surface area (Å²) in [6.45, 7) is 1.55. The molecule has 9 heteroatoms. The molecule has 0 fully saturated rings. The van der Waals surface area contributed by atoms with Crippen LogP contribution in [0, 0.1) is 11.6 Å². The summed E-state index contributed by atoms with van der Waals surface area (Å²) < 4.78 is 26.7. The third-order valence-corrected chi connectivity index (χ3v) is 4.44. The Kier molecular flexibility index (Phi) is 5.13. The number of thiazole rings is 1. The van der Waals surface area contributed by atoms with Gasteiger partial charge in [-0.15, -0.1) is 11.3 Å². The van der Waals surface area contributed by atoms with Crippen molar-refractivity contribution in [3.8, 4) is 11.3 Å². The molecule has 2 aromatic heterocycles. The van der Waals surface area contributed by atoms with Crippen LogP contribution >= 0.6 is 11.3 Å². The van der Waals surface area contributed by atoms with Crippen LogP contribution in [0.2, 0.25) is 0 Å². The Balaban J connectivity index is 1.72. The molecule has 138 valence electrons. The lowest BCUT2D eigenvalue weighted by atomic mass is 10.1. The molecule has 0 radical (unpaired) electrons. The molecule has 0 aliphatic heterocycles. The summed E-state index contributed by atoms with van der Waals surface area (Å²) in [4.78, 5) is 30.3. The molecule has 2 amide bonds. The van der Waals surface area contributed by atoms with E-state index in [9.17, 15) is 18.4 Å². The van der Waals surface area contributed by atoms with E-state index in [1.807, 2.05) is 0 Å². The van der Waals surface area contributed by atoms with E-state index < -0.39 is 23.4 Å². The van der Waals surface area contributed by atoms with Crippen molar-refractivity contribution < 1.29 is 18.4 Å². The minimum atomic E-state index is -0.745. The van der Waals surface area contributed by atoms with Crippen LogP contribution < -0.4 is 11.1 Å². The van der Waals surface area contributed by atoms with Gasteiger partial charge in [-0.05, 0) is 30.7 Å². The van der Waals surface area contributed by atoms with Gasteiger partial charge < -0.3 is 10.7 Å². The van der Waals surface area contributed by atoms with Gasteiger partial charge in [-0.3, -0.25) is 14.9 Å². The Hall–Kier alpha value is -3.33. The summed E-state index contributed by atoms with van der Waals surface area (Å²) in [6.07, 6.45) is 2.79. The number of anilines is 1. The molecule has 0 aliphatic carbocycles. The molecule has 0 saturated carbocycles. The van der Waals surface area contributed by atoms with E-state index in [1.165, 1.54) is 23.5 Å². The van der Waals surface area contributed by atoms with E-state index in [0.29, 0.717) is 22.0 Å². The van der Waals surface area contributed by atoms with Crippen molar-refractivity contribution in [2.75, 3.05) is 5.32 Å². The lowest BCUT2D eigenvalue weighted by molar-refractivity contribution is -0.111. The highest BCUT2D eigenvalue weighted by atomic mass is 32.1. The van der Waals surface area contributed by atoms with Crippen molar-refractivity contribution in [1.29, 1.82) is 0 Å². The second-order valence-electron chi connectivity index (χ2n) is 5.64. The van der Waals surface area contributed by atoms with Gasteiger partial charge in [0, 0.05) is 34.8 Å². The average molecular weight is 388 g/mol. The molecule has 0 unspecified atom stereocenters. The second kappa shape index (κ2) is 7.50. The number of nitrogens with one attached hydrogen (secondary N) is 2. The largest absolute Gasteiger partial charge is 0.364 e. The fourth-order valence-electron chi connectivity index (χ4n) is 2.37. The molecule has 2 heterocycles. The Labute approximate surface area is 156 Å². The number of amides is 2. The summed E-state index contributed by atoms with van der Waals surface area (Å²) in [7, 11) is 0. The Morgan fingerprint density at radius 2 is 2.07 bits per heavy atom. The van der Waals surface area contributed by atoms with Crippen molar-refractivity contribution in [2.24, 2.45) is 5.73 Å². The maximum atomic E-state index is 13.8. The standard InChI is InChI=1S/C18H14F2N4O2S/c1-9(12-3-2-11(19)6-13(12)20)4-16(25)24-18-23-15(8-27-18)10-5-14(17(21)26)22-7-10/h2-8,22H,1H3,(H2,21,26)(H,23,24,25)/b9-4+. The van der Waals surface area contributed by atoms with Crippen LogP contribution in [0.15, 0.2) is 41.9 Å². The molecular weight excluding hydrogens is 374 g/mol. The Bertz CT molecular complexity index is 1060. The summed E-state index contributed by atoms with van der Waals surface area (Å²) in [5.74, 6) is -2.51. The zero-order valence-corrected chi connectivity index (χ0v) is 14.9. The minimum Gasteiger partial charge on any atom is -0.364 e. The van der Waals surface area contributed by atoms with Crippen LogP contribution in [0.3, 0.4) is 0 Å². The van der Waals surface area contributed by atoms with Gasteiger partial charge in [0.1, 0.15) is 17.3 Å². The zero-order valence-electron chi connectivity index (χ0n) is 14.0. The molecule has 27 heavy (non-hydrogen) atoms. The van der Waals surface area contributed by atoms with E-state index >= 15 is 0 Å². The first kappa shape index (κ1) is 18.5. The van der Waals surface area contributed by atoms with Crippen LogP contribution in [0.5, 0.6) is 0 Å². The first-order valence-electron chi connectivity index (χ1n) is 7.72. The monoisotopic (exact) mass is 388 g/mol. The Morgan fingerprint density at radius 1 is 1.30 bits per heavy atom. The van der Waals surface area contributed by atoms with E-state index in [4.69, 9.17) is 5.73 Å². The fourth-order valence-corrected chi connectivity index (χ4v) is 3.10. The predicted molar refractivity (Wildman–Crippen MR) is 99.1 cm³/mol. The maximum absolute atomic E-state index is 13.8. The lowest BCUT2D eigenvalue weighted by Crippen LogP contribution is -2.10.